The molecule has 1 saturated heterocycles. The van der Waals surface area contributed by atoms with Crippen LogP contribution in [0.3, 0.4) is 0 Å². The molecule has 2 unspecified atom stereocenters. The van der Waals surface area contributed by atoms with Crippen LogP contribution in [-0.4, -0.2) is 64.0 Å². The first-order valence-corrected chi connectivity index (χ1v) is 16.9. The van der Waals surface area contributed by atoms with Gasteiger partial charge in [0.2, 0.25) is 0 Å². The van der Waals surface area contributed by atoms with Crippen molar-refractivity contribution in [2.24, 2.45) is 0 Å². The molecule has 1 fully saturated rings. The SMILES string of the molecule is C=CCOP(O[C@H]1C[C@H](n2cc(C)c(=O)[nH]c2=O)O[C@@H]1C(O)[Si](C)(C)C(C)(C)C)N(C(C)C)C(C)C. The fourth-order valence-corrected chi connectivity index (χ4v) is 7.96. The Hall–Kier alpha value is -1.13. The molecule has 0 aromatic carbocycles. The summed E-state index contributed by atoms with van der Waals surface area (Å²) in [6.07, 6.45) is 1.67. The molecule has 0 radical (unpaired) electrons. The van der Waals surface area contributed by atoms with Gasteiger partial charge in [-0.3, -0.25) is 14.3 Å². The number of nitrogens with one attached hydrogen (secondary N) is 1. The molecule has 0 aliphatic carbocycles. The normalized spacial score (nSPS) is 23.0. The van der Waals surface area contributed by atoms with Crippen LogP contribution in [0.5, 0.6) is 0 Å². The molecule has 1 aliphatic rings. The van der Waals surface area contributed by atoms with Crippen LogP contribution in [0.15, 0.2) is 28.4 Å². The van der Waals surface area contributed by atoms with E-state index in [1.54, 1.807) is 13.0 Å². The van der Waals surface area contributed by atoms with E-state index in [1.165, 1.54) is 10.8 Å². The van der Waals surface area contributed by atoms with Gasteiger partial charge in [0.15, 0.2) is 0 Å². The average Bonchev–Trinajstić information content (AvgIpc) is 3.15. The van der Waals surface area contributed by atoms with Crippen molar-refractivity contribution in [3.63, 3.8) is 0 Å². The van der Waals surface area contributed by atoms with E-state index >= 15 is 0 Å². The maximum absolute atomic E-state index is 12.7. The van der Waals surface area contributed by atoms with Crippen LogP contribution in [0.25, 0.3) is 0 Å². The second-order valence-corrected chi connectivity index (χ2v) is 18.7. The summed E-state index contributed by atoms with van der Waals surface area (Å²) < 4.78 is 22.8. The second-order valence-electron chi connectivity index (χ2n) is 11.7. The summed E-state index contributed by atoms with van der Waals surface area (Å²) >= 11 is 0. The first kappa shape index (κ1) is 31.1. The van der Waals surface area contributed by atoms with Gasteiger partial charge < -0.3 is 18.9 Å². The van der Waals surface area contributed by atoms with Gasteiger partial charge in [0.05, 0.1) is 26.5 Å². The Morgan fingerprint density at radius 1 is 1.31 bits per heavy atom. The third kappa shape index (κ3) is 6.84. The van der Waals surface area contributed by atoms with Crippen LogP contribution in [-0.2, 0) is 13.8 Å². The maximum atomic E-state index is 12.7. The monoisotopic (exact) mass is 543 g/mol. The van der Waals surface area contributed by atoms with Crippen molar-refractivity contribution >= 4 is 16.6 Å². The number of aromatic nitrogens is 2. The van der Waals surface area contributed by atoms with E-state index in [0.29, 0.717) is 18.6 Å². The first-order valence-electron chi connectivity index (χ1n) is 12.7. The molecule has 1 aromatic rings. The second kappa shape index (κ2) is 12.2. The number of hydrogen-bond acceptors (Lipinski definition) is 7. The minimum Gasteiger partial charge on any atom is -0.394 e. The zero-order valence-corrected chi connectivity index (χ0v) is 25.5. The van der Waals surface area contributed by atoms with E-state index in [1.807, 2.05) is 0 Å². The molecular weight excluding hydrogens is 497 g/mol. The van der Waals surface area contributed by atoms with Crippen molar-refractivity contribution in [3.05, 3.63) is 45.3 Å². The van der Waals surface area contributed by atoms with Crippen LogP contribution in [0.2, 0.25) is 18.1 Å². The minimum atomic E-state index is -2.28. The topological polar surface area (TPSA) is 106 Å². The van der Waals surface area contributed by atoms with Crippen LogP contribution in [0.4, 0.5) is 0 Å². The Bertz CT molecular complexity index is 995. The largest absolute Gasteiger partial charge is 0.394 e. The van der Waals surface area contributed by atoms with Crippen LogP contribution < -0.4 is 11.2 Å². The lowest BCUT2D eigenvalue weighted by Gasteiger charge is -2.44. The highest BCUT2D eigenvalue weighted by Gasteiger charge is 2.52. The van der Waals surface area contributed by atoms with Crippen molar-refractivity contribution in [3.8, 4) is 0 Å². The summed E-state index contributed by atoms with van der Waals surface area (Å²) in [6.45, 7) is 24.8. The molecule has 5 atom stereocenters. The van der Waals surface area contributed by atoms with Crippen molar-refractivity contribution < 1.29 is 18.9 Å². The fraction of sp³-hybridized carbons (Fsp3) is 0.760. The van der Waals surface area contributed by atoms with Gasteiger partial charge in [-0.1, -0.05) is 39.9 Å². The third-order valence-electron chi connectivity index (χ3n) is 7.33. The van der Waals surface area contributed by atoms with Gasteiger partial charge in [0, 0.05) is 30.3 Å². The third-order valence-corrected chi connectivity index (χ3v) is 15.1. The smallest absolute Gasteiger partial charge is 0.330 e. The van der Waals surface area contributed by atoms with E-state index in [-0.39, 0.29) is 17.1 Å². The molecule has 2 N–H and O–H groups in total. The van der Waals surface area contributed by atoms with E-state index in [0.717, 1.165) is 0 Å². The summed E-state index contributed by atoms with van der Waals surface area (Å²) in [4.78, 5) is 27.0. The van der Waals surface area contributed by atoms with Crippen LogP contribution >= 0.6 is 8.53 Å². The highest BCUT2D eigenvalue weighted by molar-refractivity contribution is 7.44. The molecular formula is C25H46N3O6PSi. The lowest BCUT2D eigenvalue weighted by Crippen LogP contribution is -2.57. The Kier molecular flexibility index (Phi) is 10.5. The number of hydrogen-bond donors (Lipinski definition) is 2. The molecule has 11 heteroatoms. The Balaban J connectivity index is 2.51. The molecule has 206 valence electrons. The fourth-order valence-electron chi connectivity index (χ4n) is 4.23. The number of nitrogens with zero attached hydrogens (tertiary/aromatic N) is 2. The zero-order chi connectivity index (χ0) is 27.6. The van der Waals surface area contributed by atoms with Gasteiger partial charge >= 0.3 is 5.69 Å². The maximum Gasteiger partial charge on any atom is 0.330 e. The van der Waals surface area contributed by atoms with Gasteiger partial charge in [-0.05, 0) is 39.7 Å². The highest BCUT2D eigenvalue weighted by atomic mass is 31.2. The van der Waals surface area contributed by atoms with Gasteiger partial charge in [-0.2, -0.15) is 0 Å². The lowest BCUT2D eigenvalue weighted by molar-refractivity contribution is -0.0605. The molecule has 0 saturated carbocycles. The number of ether oxygens (including phenoxy) is 1. The highest BCUT2D eigenvalue weighted by Crippen LogP contribution is 2.51. The van der Waals surface area contributed by atoms with E-state index in [4.69, 9.17) is 13.8 Å². The predicted molar refractivity (Wildman–Crippen MR) is 148 cm³/mol. The molecule has 2 heterocycles. The van der Waals surface area contributed by atoms with Crippen LogP contribution in [0.1, 0.15) is 66.7 Å². The molecule has 1 aliphatic heterocycles. The van der Waals surface area contributed by atoms with Gasteiger partial charge in [0.1, 0.15) is 12.3 Å². The number of rotatable bonds is 11. The minimum absolute atomic E-state index is 0.101. The number of aryl methyl sites for hydroxylation is 1. The number of aliphatic hydroxyl groups excluding tert-OH is 1. The zero-order valence-electron chi connectivity index (χ0n) is 23.6. The summed E-state index contributed by atoms with van der Waals surface area (Å²) in [5.74, 6) is 0. The molecule has 1 aromatic heterocycles. The summed E-state index contributed by atoms with van der Waals surface area (Å²) in [6, 6.07) is 0.319. The molecule has 2 rings (SSSR count). The summed E-state index contributed by atoms with van der Waals surface area (Å²) in [5.41, 5.74) is -1.32. The van der Waals surface area contributed by atoms with E-state index in [2.05, 4.69) is 77.8 Å². The van der Waals surface area contributed by atoms with Gasteiger partial charge in [-0.25, -0.2) is 9.46 Å². The van der Waals surface area contributed by atoms with Crippen molar-refractivity contribution in [1.82, 2.24) is 14.2 Å². The number of aromatic amines is 1. The van der Waals surface area contributed by atoms with Crippen molar-refractivity contribution in [2.75, 3.05) is 6.61 Å². The van der Waals surface area contributed by atoms with Crippen molar-refractivity contribution in [2.45, 2.75) is 116 Å². The Labute approximate surface area is 217 Å². The molecule has 0 bridgehead atoms. The average molecular weight is 544 g/mol. The predicted octanol–water partition coefficient (Wildman–Crippen LogP) is 4.47. The first-order chi connectivity index (χ1) is 16.5. The molecule has 9 nitrogen and oxygen atoms in total. The molecule has 0 spiro atoms. The summed E-state index contributed by atoms with van der Waals surface area (Å²) in [5, 5.41) is 11.6. The summed E-state index contributed by atoms with van der Waals surface area (Å²) in [7, 11) is -3.79. The van der Waals surface area contributed by atoms with Crippen molar-refractivity contribution in [1.29, 1.82) is 0 Å². The standard InChI is InChI=1S/C25H46N3O6PSi/c1-12-13-32-35(28(16(2)3)17(4)5)34-19-14-20(27-15-18(6)22(29)26-24(27)31)33-21(19)23(30)36(10,11)25(7,8)9/h12,15-17,19-21,23,30H,1,13-14H2,2-11H3,(H,26,29,31)/t19-,20+,21-,23?,35?/m0/s1. The van der Waals surface area contributed by atoms with E-state index in [9.17, 15) is 14.7 Å². The number of H-pyrrole nitrogens is 1. The Morgan fingerprint density at radius 2 is 1.89 bits per heavy atom. The van der Waals surface area contributed by atoms with Gasteiger partial charge in [-0.15, -0.1) is 6.58 Å². The lowest BCUT2D eigenvalue weighted by atomic mass is 10.2. The number of aliphatic hydroxyl groups is 1. The quantitative estimate of drug-likeness (QED) is 0.241. The molecule has 0 amide bonds. The van der Waals surface area contributed by atoms with E-state index < -0.39 is 52.0 Å². The van der Waals surface area contributed by atoms with Gasteiger partial charge in [0.25, 0.3) is 14.1 Å². The Morgan fingerprint density at radius 3 is 2.39 bits per heavy atom. The molecule has 36 heavy (non-hydrogen) atoms. The van der Waals surface area contributed by atoms with Crippen LogP contribution in [0, 0.1) is 6.92 Å².